The van der Waals surface area contributed by atoms with Gasteiger partial charge in [-0.25, -0.2) is 0 Å². The van der Waals surface area contributed by atoms with Crippen molar-refractivity contribution in [3.8, 4) is 0 Å². The molecule has 3 N–H and O–H groups in total. The molecule has 1 fully saturated rings. The van der Waals surface area contributed by atoms with E-state index in [-0.39, 0.29) is 22.8 Å². The molecule has 1 aliphatic rings. The maximum absolute atomic E-state index is 11.8. The predicted octanol–water partition coefficient (Wildman–Crippen LogP) is 1.63. The maximum Gasteiger partial charge on any atom is 0.241 e. The number of carbonyl (C=O) groups is 2. The van der Waals surface area contributed by atoms with E-state index in [1.54, 1.807) is 20.8 Å². The lowest BCUT2D eigenvalue weighted by Crippen LogP contribution is -2.52. The minimum absolute atomic E-state index is 0.0490. The van der Waals surface area contributed by atoms with Gasteiger partial charge in [0.15, 0.2) is 5.11 Å². The van der Waals surface area contributed by atoms with E-state index in [0.717, 1.165) is 25.7 Å². The molecular formula is C13H23N3O2S. The number of amides is 2. The molecule has 0 radical (unpaired) electrons. The third-order valence-corrected chi connectivity index (χ3v) is 3.39. The van der Waals surface area contributed by atoms with E-state index in [1.165, 1.54) is 6.42 Å². The fourth-order valence-corrected chi connectivity index (χ4v) is 2.05. The quantitative estimate of drug-likeness (QED) is 0.506. The molecular weight excluding hydrogens is 262 g/mol. The summed E-state index contributed by atoms with van der Waals surface area (Å²) in [5.74, 6) is -0.175. The minimum atomic E-state index is -0.515. The zero-order chi connectivity index (χ0) is 14.5. The van der Waals surface area contributed by atoms with Gasteiger partial charge in [-0.1, -0.05) is 40.0 Å². The molecule has 0 unspecified atom stereocenters. The second kappa shape index (κ2) is 6.84. The first-order valence-electron chi connectivity index (χ1n) is 6.72. The van der Waals surface area contributed by atoms with E-state index >= 15 is 0 Å². The van der Waals surface area contributed by atoms with E-state index in [2.05, 4.69) is 16.2 Å². The van der Waals surface area contributed by atoms with Gasteiger partial charge in [-0.15, -0.1) is 0 Å². The molecule has 0 spiro atoms. The van der Waals surface area contributed by atoms with Crippen molar-refractivity contribution in [1.29, 1.82) is 0 Å². The van der Waals surface area contributed by atoms with Crippen molar-refractivity contribution in [2.45, 2.75) is 52.9 Å². The zero-order valence-electron chi connectivity index (χ0n) is 11.8. The van der Waals surface area contributed by atoms with Gasteiger partial charge in [-0.3, -0.25) is 20.4 Å². The number of nitrogens with one attached hydrogen (secondary N) is 3. The van der Waals surface area contributed by atoms with Crippen LogP contribution in [0.15, 0.2) is 0 Å². The van der Waals surface area contributed by atoms with Gasteiger partial charge in [0.1, 0.15) is 0 Å². The molecule has 0 aromatic rings. The lowest BCUT2D eigenvalue weighted by atomic mass is 9.89. The van der Waals surface area contributed by atoms with Crippen LogP contribution in [-0.4, -0.2) is 16.9 Å². The van der Waals surface area contributed by atoms with Gasteiger partial charge >= 0.3 is 0 Å². The average molecular weight is 285 g/mol. The normalized spacial score (nSPS) is 16.6. The molecule has 1 saturated carbocycles. The fraction of sp³-hybridized carbons (Fsp3) is 0.769. The number of hydrogen-bond acceptors (Lipinski definition) is 3. The molecule has 6 heteroatoms. The molecule has 0 aliphatic heterocycles. The first kappa shape index (κ1) is 15.9. The molecule has 2 amide bonds. The third-order valence-electron chi connectivity index (χ3n) is 3.18. The van der Waals surface area contributed by atoms with E-state index in [0.29, 0.717) is 0 Å². The minimum Gasteiger partial charge on any atom is -0.301 e. The lowest BCUT2D eigenvalue weighted by Gasteiger charge is -2.22. The molecule has 0 saturated heterocycles. The summed E-state index contributed by atoms with van der Waals surface area (Å²) in [6.45, 7) is 5.39. The Morgan fingerprint density at radius 2 is 1.63 bits per heavy atom. The van der Waals surface area contributed by atoms with Crippen LogP contribution in [0.3, 0.4) is 0 Å². The van der Waals surface area contributed by atoms with E-state index in [1.807, 2.05) is 0 Å². The zero-order valence-corrected chi connectivity index (χ0v) is 12.7. The molecule has 0 aromatic heterocycles. The Labute approximate surface area is 119 Å². The highest BCUT2D eigenvalue weighted by atomic mass is 32.1. The Bertz CT molecular complexity index is 357. The first-order valence-corrected chi connectivity index (χ1v) is 7.13. The highest BCUT2D eigenvalue weighted by Gasteiger charge is 2.23. The van der Waals surface area contributed by atoms with Gasteiger partial charge in [0.2, 0.25) is 11.8 Å². The van der Waals surface area contributed by atoms with Crippen LogP contribution in [0, 0.1) is 11.3 Å². The Morgan fingerprint density at radius 1 is 1.05 bits per heavy atom. The molecule has 0 heterocycles. The van der Waals surface area contributed by atoms with Crippen molar-refractivity contribution in [3.05, 3.63) is 0 Å². The molecule has 108 valence electrons. The summed E-state index contributed by atoms with van der Waals surface area (Å²) >= 11 is 4.96. The SMILES string of the molecule is CC(C)(C)C(=O)NC(=S)NNC(=O)C1CCCCC1. The number of carbonyl (C=O) groups excluding carboxylic acids is 2. The summed E-state index contributed by atoms with van der Waals surface area (Å²) in [4.78, 5) is 23.5. The van der Waals surface area contributed by atoms with Crippen molar-refractivity contribution in [3.63, 3.8) is 0 Å². The fourth-order valence-electron chi connectivity index (χ4n) is 1.91. The molecule has 1 aliphatic carbocycles. The van der Waals surface area contributed by atoms with Gasteiger partial charge in [-0.2, -0.15) is 0 Å². The van der Waals surface area contributed by atoms with Gasteiger partial charge in [0.05, 0.1) is 0 Å². The van der Waals surface area contributed by atoms with Crippen molar-refractivity contribution in [1.82, 2.24) is 16.2 Å². The Morgan fingerprint density at radius 3 is 2.16 bits per heavy atom. The Balaban J connectivity index is 2.30. The number of hydrazine groups is 1. The highest BCUT2D eigenvalue weighted by Crippen LogP contribution is 2.23. The Hall–Kier alpha value is -1.17. The average Bonchev–Trinajstić information content (AvgIpc) is 2.35. The van der Waals surface area contributed by atoms with Crippen LogP contribution in [0.5, 0.6) is 0 Å². The van der Waals surface area contributed by atoms with Crippen molar-refractivity contribution >= 4 is 29.1 Å². The maximum atomic E-state index is 11.8. The molecule has 0 bridgehead atoms. The summed E-state index contributed by atoms with van der Waals surface area (Å²) in [6.07, 6.45) is 5.26. The van der Waals surface area contributed by atoms with Gasteiger partial charge in [0.25, 0.3) is 0 Å². The topological polar surface area (TPSA) is 70.2 Å². The van der Waals surface area contributed by atoms with Gasteiger partial charge < -0.3 is 5.32 Å². The molecule has 19 heavy (non-hydrogen) atoms. The summed E-state index contributed by atoms with van der Waals surface area (Å²) in [5.41, 5.74) is 4.63. The summed E-state index contributed by atoms with van der Waals surface area (Å²) in [6, 6.07) is 0. The van der Waals surface area contributed by atoms with E-state index in [9.17, 15) is 9.59 Å². The highest BCUT2D eigenvalue weighted by molar-refractivity contribution is 7.80. The van der Waals surface area contributed by atoms with Crippen LogP contribution in [-0.2, 0) is 9.59 Å². The van der Waals surface area contributed by atoms with Crippen LogP contribution in [0.2, 0.25) is 0 Å². The first-order chi connectivity index (χ1) is 8.80. The number of rotatable bonds is 1. The van der Waals surface area contributed by atoms with Crippen LogP contribution in [0.25, 0.3) is 0 Å². The van der Waals surface area contributed by atoms with E-state index < -0.39 is 5.41 Å². The largest absolute Gasteiger partial charge is 0.301 e. The second-order valence-electron chi connectivity index (χ2n) is 5.98. The molecule has 1 rings (SSSR count). The van der Waals surface area contributed by atoms with Crippen LogP contribution >= 0.6 is 12.2 Å². The predicted molar refractivity (Wildman–Crippen MR) is 78.0 cm³/mol. The van der Waals surface area contributed by atoms with Crippen LogP contribution in [0.1, 0.15) is 52.9 Å². The van der Waals surface area contributed by atoms with E-state index in [4.69, 9.17) is 12.2 Å². The lowest BCUT2D eigenvalue weighted by molar-refractivity contribution is -0.128. The standard InChI is InChI=1S/C13H23N3O2S/c1-13(2,3)11(18)14-12(19)16-15-10(17)9-7-5-4-6-8-9/h9H,4-8H2,1-3H3,(H,15,17)(H2,14,16,18,19). The van der Waals surface area contributed by atoms with Crippen molar-refractivity contribution in [2.24, 2.45) is 11.3 Å². The number of thiocarbonyl (C=S) groups is 1. The second-order valence-corrected chi connectivity index (χ2v) is 6.39. The van der Waals surface area contributed by atoms with Crippen LogP contribution in [0.4, 0.5) is 0 Å². The van der Waals surface area contributed by atoms with Crippen molar-refractivity contribution in [2.75, 3.05) is 0 Å². The summed E-state index contributed by atoms with van der Waals surface area (Å²) < 4.78 is 0. The van der Waals surface area contributed by atoms with Gasteiger partial charge in [0, 0.05) is 11.3 Å². The summed E-state index contributed by atoms with van der Waals surface area (Å²) in [7, 11) is 0. The number of hydrogen-bond donors (Lipinski definition) is 3. The molecule has 0 aromatic carbocycles. The monoisotopic (exact) mass is 285 g/mol. The van der Waals surface area contributed by atoms with Gasteiger partial charge in [-0.05, 0) is 25.1 Å². The molecule has 5 nitrogen and oxygen atoms in total. The summed E-state index contributed by atoms with van der Waals surface area (Å²) in [5, 5.41) is 2.67. The Kier molecular flexibility index (Phi) is 5.72. The third kappa shape index (κ3) is 5.55. The smallest absolute Gasteiger partial charge is 0.241 e. The molecule has 0 atom stereocenters. The van der Waals surface area contributed by atoms with Crippen molar-refractivity contribution < 1.29 is 9.59 Å². The van der Waals surface area contributed by atoms with Crippen LogP contribution < -0.4 is 16.2 Å².